The van der Waals surface area contributed by atoms with Crippen LogP contribution in [0.2, 0.25) is 0 Å². The number of nitro groups is 1. The van der Waals surface area contributed by atoms with Crippen LogP contribution in [0.5, 0.6) is 0 Å². The summed E-state index contributed by atoms with van der Waals surface area (Å²) in [6.45, 7) is 2.01. The van der Waals surface area contributed by atoms with Crippen LogP contribution in [-0.4, -0.2) is 16.7 Å². The molecule has 112 valence electrons. The van der Waals surface area contributed by atoms with E-state index < -0.39 is 4.92 Å². The molecule has 1 saturated heterocycles. The smallest absolute Gasteiger partial charge is 0.271 e. The Labute approximate surface area is 126 Å². The first-order chi connectivity index (χ1) is 10.5. The molecule has 0 spiro atoms. The zero-order valence-electron chi connectivity index (χ0n) is 11.9. The van der Waals surface area contributed by atoms with E-state index in [2.05, 4.69) is 6.08 Å². The molecule has 22 heavy (non-hydrogen) atoms. The third-order valence-electron chi connectivity index (χ3n) is 5.18. The van der Waals surface area contributed by atoms with E-state index in [-0.39, 0.29) is 41.2 Å². The quantitative estimate of drug-likeness (QED) is 0.363. The highest BCUT2D eigenvalue weighted by atomic mass is 16.6. The summed E-state index contributed by atoms with van der Waals surface area (Å²) in [5.41, 5.74) is 1.37. The Hall–Kier alpha value is -2.50. The van der Waals surface area contributed by atoms with Crippen LogP contribution >= 0.6 is 0 Å². The Balaban J connectivity index is 1.74. The number of carbonyl (C=O) groups excluding carboxylic acids is 2. The van der Waals surface area contributed by atoms with Crippen molar-refractivity contribution in [2.45, 2.75) is 13.3 Å². The van der Waals surface area contributed by atoms with Crippen molar-refractivity contribution >= 4 is 23.2 Å². The Morgan fingerprint density at radius 3 is 2.68 bits per heavy atom. The van der Waals surface area contributed by atoms with Crippen molar-refractivity contribution in [3.63, 3.8) is 0 Å². The first kappa shape index (κ1) is 13.2. The van der Waals surface area contributed by atoms with Gasteiger partial charge in [-0.25, -0.2) is 4.90 Å². The monoisotopic (exact) mass is 298 g/mol. The number of hydrogen-bond donors (Lipinski definition) is 0. The SMILES string of the molecule is CC1=C[C@H]2C[C@@H]1[C@@H]1C(=O)N(c3cccc([N+](=O)[O-])c3)C(=O)[C@H]12. The van der Waals surface area contributed by atoms with Gasteiger partial charge in [0.1, 0.15) is 0 Å². The van der Waals surface area contributed by atoms with Crippen molar-refractivity contribution < 1.29 is 14.5 Å². The minimum Gasteiger partial charge on any atom is -0.274 e. The molecule has 1 heterocycles. The molecule has 0 N–H and O–H groups in total. The highest BCUT2D eigenvalue weighted by Crippen LogP contribution is 2.55. The number of benzene rings is 1. The first-order valence-corrected chi connectivity index (χ1v) is 7.29. The van der Waals surface area contributed by atoms with Crippen molar-refractivity contribution in [1.29, 1.82) is 0 Å². The second kappa shape index (κ2) is 4.25. The summed E-state index contributed by atoms with van der Waals surface area (Å²) in [6, 6.07) is 5.72. The number of nitrogens with zero attached hydrogens (tertiary/aromatic N) is 2. The van der Waals surface area contributed by atoms with Gasteiger partial charge in [0.25, 0.3) is 5.69 Å². The van der Waals surface area contributed by atoms with E-state index in [1.54, 1.807) is 6.07 Å². The molecule has 0 radical (unpaired) electrons. The molecule has 3 aliphatic rings. The van der Waals surface area contributed by atoms with E-state index in [1.807, 2.05) is 6.92 Å². The largest absolute Gasteiger partial charge is 0.274 e. The summed E-state index contributed by atoms with van der Waals surface area (Å²) in [4.78, 5) is 36.9. The minimum absolute atomic E-state index is 0.118. The van der Waals surface area contributed by atoms with Crippen molar-refractivity contribution in [3.8, 4) is 0 Å². The van der Waals surface area contributed by atoms with Crippen molar-refractivity contribution in [2.75, 3.05) is 4.90 Å². The average molecular weight is 298 g/mol. The van der Waals surface area contributed by atoms with Gasteiger partial charge < -0.3 is 0 Å². The minimum atomic E-state index is -0.523. The number of non-ortho nitro benzene ring substituents is 1. The lowest BCUT2D eigenvalue weighted by Gasteiger charge is -2.19. The lowest BCUT2D eigenvalue weighted by Crippen LogP contribution is -2.32. The summed E-state index contributed by atoms with van der Waals surface area (Å²) < 4.78 is 0. The average Bonchev–Trinajstić information content (AvgIpc) is 3.10. The van der Waals surface area contributed by atoms with E-state index in [0.717, 1.165) is 11.3 Å². The molecule has 6 heteroatoms. The molecule has 6 nitrogen and oxygen atoms in total. The number of imide groups is 1. The van der Waals surface area contributed by atoms with E-state index in [1.165, 1.54) is 23.8 Å². The maximum absolute atomic E-state index is 12.7. The number of hydrogen-bond acceptors (Lipinski definition) is 4. The molecule has 0 aromatic heterocycles. The summed E-state index contributed by atoms with van der Waals surface area (Å²) in [5.74, 6) is -0.727. The number of fused-ring (bicyclic) bond motifs is 5. The highest BCUT2D eigenvalue weighted by molar-refractivity contribution is 6.23. The van der Waals surface area contributed by atoms with E-state index in [9.17, 15) is 19.7 Å². The number of rotatable bonds is 2. The number of allylic oxidation sites excluding steroid dienone is 2. The number of nitro benzene ring substituents is 1. The van der Waals surface area contributed by atoms with Gasteiger partial charge in [-0.05, 0) is 31.2 Å². The van der Waals surface area contributed by atoms with Gasteiger partial charge in [0.15, 0.2) is 0 Å². The molecule has 2 amide bonds. The third-order valence-corrected chi connectivity index (χ3v) is 5.18. The van der Waals surface area contributed by atoms with Crippen LogP contribution < -0.4 is 4.90 Å². The molecular weight excluding hydrogens is 284 g/mol. The van der Waals surface area contributed by atoms with E-state index >= 15 is 0 Å². The molecule has 1 aromatic carbocycles. The fourth-order valence-electron chi connectivity index (χ4n) is 4.27. The lowest BCUT2D eigenvalue weighted by atomic mass is 9.82. The molecule has 4 rings (SSSR count). The number of anilines is 1. The Kier molecular flexibility index (Phi) is 2.55. The van der Waals surface area contributed by atoms with Crippen LogP contribution in [0.4, 0.5) is 11.4 Å². The molecule has 1 aromatic rings. The van der Waals surface area contributed by atoms with Crippen LogP contribution in [0.3, 0.4) is 0 Å². The second-order valence-corrected chi connectivity index (χ2v) is 6.26. The molecule has 0 unspecified atom stereocenters. The molecule has 1 saturated carbocycles. The standard InChI is InChI=1S/C16H14N2O4/c1-8-5-9-6-12(8)14-13(9)15(19)17(16(14)20)10-3-2-4-11(7-10)18(21)22/h2-5,7,9,12-14H,6H2,1H3/t9-,12-,13-,14-/m0/s1. The van der Waals surface area contributed by atoms with Crippen LogP contribution in [0.15, 0.2) is 35.9 Å². The Morgan fingerprint density at radius 1 is 1.23 bits per heavy atom. The second-order valence-electron chi connectivity index (χ2n) is 6.26. The predicted molar refractivity (Wildman–Crippen MR) is 77.9 cm³/mol. The number of carbonyl (C=O) groups is 2. The summed E-state index contributed by atoms with van der Waals surface area (Å²) in [7, 11) is 0. The van der Waals surface area contributed by atoms with Gasteiger partial charge in [-0.2, -0.15) is 0 Å². The van der Waals surface area contributed by atoms with Crippen LogP contribution in [0.1, 0.15) is 13.3 Å². The molecular formula is C16H14N2O4. The summed E-state index contributed by atoms with van der Waals surface area (Å²) in [6.07, 6.45) is 2.98. The van der Waals surface area contributed by atoms with Gasteiger partial charge in [-0.15, -0.1) is 0 Å². The van der Waals surface area contributed by atoms with Crippen molar-refractivity contribution in [3.05, 3.63) is 46.0 Å². The van der Waals surface area contributed by atoms with Gasteiger partial charge in [-0.3, -0.25) is 19.7 Å². The molecule has 2 bridgehead atoms. The lowest BCUT2D eigenvalue weighted by molar-refractivity contribution is -0.384. The van der Waals surface area contributed by atoms with Crippen LogP contribution in [0.25, 0.3) is 0 Å². The zero-order chi connectivity index (χ0) is 15.6. The summed E-state index contributed by atoms with van der Waals surface area (Å²) >= 11 is 0. The van der Waals surface area contributed by atoms with Gasteiger partial charge in [0.2, 0.25) is 11.8 Å². The van der Waals surface area contributed by atoms with Crippen LogP contribution in [-0.2, 0) is 9.59 Å². The topological polar surface area (TPSA) is 80.5 Å². The van der Waals surface area contributed by atoms with Crippen molar-refractivity contribution in [2.24, 2.45) is 23.7 Å². The highest BCUT2D eigenvalue weighted by Gasteiger charge is 2.60. The van der Waals surface area contributed by atoms with Gasteiger partial charge in [-0.1, -0.05) is 17.7 Å². The molecule has 4 atom stereocenters. The maximum Gasteiger partial charge on any atom is 0.271 e. The van der Waals surface area contributed by atoms with E-state index in [4.69, 9.17) is 0 Å². The maximum atomic E-state index is 12.7. The fraction of sp³-hybridized carbons (Fsp3) is 0.375. The van der Waals surface area contributed by atoms with Crippen LogP contribution in [0, 0.1) is 33.8 Å². The Morgan fingerprint density at radius 2 is 1.95 bits per heavy atom. The van der Waals surface area contributed by atoms with E-state index in [0.29, 0.717) is 5.69 Å². The zero-order valence-corrected chi connectivity index (χ0v) is 11.9. The molecule has 1 aliphatic heterocycles. The fourth-order valence-corrected chi connectivity index (χ4v) is 4.27. The first-order valence-electron chi connectivity index (χ1n) is 7.29. The third kappa shape index (κ3) is 1.55. The van der Waals surface area contributed by atoms with Gasteiger partial charge in [0.05, 0.1) is 22.4 Å². The predicted octanol–water partition coefficient (Wildman–Crippen LogP) is 2.30. The van der Waals surface area contributed by atoms with Gasteiger partial charge in [0, 0.05) is 12.1 Å². The molecule has 2 aliphatic carbocycles. The van der Waals surface area contributed by atoms with Crippen molar-refractivity contribution in [1.82, 2.24) is 0 Å². The summed E-state index contributed by atoms with van der Waals surface area (Å²) in [5, 5.41) is 10.9. The molecule has 2 fully saturated rings. The number of amides is 2. The normalized spacial score (nSPS) is 32.4. The Bertz CT molecular complexity index is 754. The van der Waals surface area contributed by atoms with Gasteiger partial charge >= 0.3 is 0 Å².